The maximum absolute atomic E-state index is 10.3. The van der Waals surface area contributed by atoms with E-state index in [0.717, 1.165) is 16.6 Å². The highest BCUT2D eigenvalue weighted by atomic mass is 35.5. The smallest absolute Gasteiger partial charge is 0.139 e. The maximum atomic E-state index is 10.3. The minimum Gasteiger partial charge on any atom is -0.385 e. The first kappa shape index (κ1) is 15.3. The number of nitrogens with zero attached hydrogens (tertiary/aromatic N) is 2. The Balaban J connectivity index is 2.09. The fraction of sp³-hybridized carbons (Fsp3) is 0.235. The summed E-state index contributed by atoms with van der Waals surface area (Å²) < 4.78 is 2.03. The Bertz CT molecular complexity index is 814. The van der Waals surface area contributed by atoms with E-state index < -0.39 is 6.10 Å². The summed E-state index contributed by atoms with van der Waals surface area (Å²) in [4.78, 5) is 4.57. The number of fused-ring (bicyclic) bond motifs is 1. The highest BCUT2D eigenvalue weighted by molar-refractivity contribution is 6.42. The first-order valence-corrected chi connectivity index (χ1v) is 7.93. The highest BCUT2D eigenvalue weighted by Gasteiger charge is 2.17. The molecular formula is C17H16Cl2N2O. The van der Waals surface area contributed by atoms with Crippen LogP contribution in [0.15, 0.2) is 42.5 Å². The first-order chi connectivity index (χ1) is 10.6. The second kappa shape index (κ2) is 6.29. The van der Waals surface area contributed by atoms with Crippen LogP contribution in [-0.2, 0) is 6.54 Å². The Morgan fingerprint density at radius 2 is 1.91 bits per heavy atom. The van der Waals surface area contributed by atoms with Crippen LogP contribution in [0, 0.1) is 0 Å². The molecule has 1 heterocycles. The number of para-hydroxylation sites is 2. The molecule has 22 heavy (non-hydrogen) atoms. The van der Waals surface area contributed by atoms with Gasteiger partial charge in [-0.15, -0.1) is 0 Å². The van der Waals surface area contributed by atoms with Crippen LogP contribution in [0.4, 0.5) is 0 Å². The van der Waals surface area contributed by atoms with Gasteiger partial charge in [0, 0.05) is 6.54 Å². The predicted octanol–water partition coefficient (Wildman–Crippen LogP) is 4.83. The normalized spacial score (nSPS) is 12.7. The summed E-state index contributed by atoms with van der Waals surface area (Å²) in [6, 6.07) is 13.4. The van der Waals surface area contributed by atoms with Gasteiger partial charge in [-0.3, -0.25) is 0 Å². The summed E-state index contributed by atoms with van der Waals surface area (Å²) in [5.41, 5.74) is 2.89. The van der Waals surface area contributed by atoms with Gasteiger partial charge in [0.1, 0.15) is 11.9 Å². The summed E-state index contributed by atoms with van der Waals surface area (Å²) in [6.07, 6.45) is 0.0280. The van der Waals surface area contributed by atoms with E-state index in [9.17, 15) is 5.11 Å². The molecule has 0 radical (unpaired) electrons. The molecular weight excluding hydrogens is 319 g/mol. The van der Waals surface area contributed by atoms with E-state index in [2.05, 4.69) is 4.98 Å². The molecule has 3 nitrogen and oxygen atoms in total. The van der Waals surface area contributed by atoms with Gasteiger partial charge >= 0.3 is 0 Å². The Labute approximate surface area is 139 Å². The molecule has 114 valence electrons. The van der Waals surface area contributed by atoms with Gasteiger partial charge in [-0.1, -0.05) is 48.3 Å². The van der Waals surface area contributed by atoms with Crippen molar-refractivity contribution in [3.63, 3.8) is 0 Å². The van der Waals surface area contributed by atoms with Crippen LogP contribution in [-0.4, -0.2) is 14.7 Å². The lowest BCUT2D eigenvalue weighted by molar-refractivity contribution is 0.160. The second-order valence-corrected chi connectivity index (χ2v) is 6.03. The Hall–Kier alpha value is -1.55. The van der Waals surface area contributed by atoms with Crippen molar-refractivity contribution in [2.45, 2.75) is 26.0 Å². The molecule has 0 unspecified atom stereocenters. The number of aliphatic hydroxyl groups excluding tert-OH is 1. The highest BCUT2D eigenvalue weighted by Crippen LogP contribution is 2.26. The van der Waals surface area contributed by atoms with Gasteiger partial charge in [-0.25, -0.2) is 4.98 Å². The molecule has 1 N–H and O–H groups in total. The van der Waals surface area contributed by atoms with Gasteiger partial charge in [0.05, 0.1) is 21.1 Å². The van der Waals surface area contributed by atoms with Gasteiger partial charge in [-0.05, 0) is 36.2 Å². The van der Waals surface area contributed by atoms with Crippen LogP contribution in [0.1, 0.15) is 30.8 Å². The van der Waals surface area contributed by atoms with E-state index in [4.69, 9.17) is 23.2 Å². The van der Waals surface area contributed by atoms with Crippen molar-refractivity contribution in [1.29, 1.82) is 0 Å². The standard InChI is InChI=1S/C17H16Cl2N2O/c1-2-16(22)17-20-14-5-3-4-6-15(14)21(17)10-11-7-8-12(18)13(19)9-11/h3-9,16,22H,2,10H2,1H3/t16-/m1/s1. The van der Waals surface area contributed by atoms with Crippen LogP contribution in [0.2, 0.25) is 10.0 Å². The van der Waals surface area contributed by atoms with Crippen molar-refractivity contribution < 1.29 is 5.11 Å². The maximum Gasteiger partial charge on any atom is 0.139 e. The summed E-state index contributed by atoms with van der Waals surface area (Å²) in [5, 5.41) is 11.3. The lowest BCUT2D eigenvalue weighted by Gasteiger charge is -2.13. The van der Waals surface area contributed by atoms with Crippen molar-refractivity contribution in [3.05, 3.63) is 63.9 Å². The zero-order valence-electron chi connectivity index (χ0n) is 12.1. The number of benzene rings is 2. The van der Waals surface area contributed by atoms with Crippen LogP contribution in [0.5, 0.6) is 0 Å². The van der Waals surface area contributed by atoms with E-state index in [-0.39, 0.29) is 0 Å². The van der Waals surface area contributed by atoms with Gasteiger partial charge in [0.2, 0.25) is 0 Å². The Morgan fingerprint density at radius 1 is 1.14 bits per heavy atom. The second-order valence-electron chi connectivity index (χ2n) is 5.22. The van der Waals surface area contributed by atoms with Crippen molar-refractivity contribution in [2.75, 3.05) is 0 Å². The SMILES string of the molecule is CC[C@@H](O)c1nc2ccccc2n1Cc1ccc(Cl)c(Cl)c1. The number of imidazole rings is 1. The lowest BCUT2D eigenvalue weighted by Crippen LogP contribution is -2.09. The van der Waals surface area contributed by atoms with Crippen molar-refractivity contribution >= 4 is 34.2 Å². The van der Waals surface area contributed by atoms with Crippen LogP contribution in [0.25, 0.3) is 11.0 Å². The van der Waals surface area contributed by atoms with Gasteiger partial charge < -0.3 is 9.67 Å². The molecule has 0 aliphatic heterocycles. The third-order valence-corrected chi connectivity index (χ3v) is 4.43. The van der Waals surface area contributed by atoms with E-state index in [0.29, 0.717) is 28.8 Å². The van der Waals surface area contributed by atoms with E-state index in [1.807, 2.05) is 47.9 Å². The molecule has 0 aliphatic carbocycles. The molecule has 1 atom stereocenters. The number of rotatable bonds is 4. The van der Waals surface area contributed by atoms with Crippen LogP contribution in [0.3, 0.4) is 0 Å². The van der Waals surface area contributed by atoms with Crippen molar-refractivity contribution in [2.24, 2.45) is 0 Å². The Morgan fingerprint density at radius 3 is 2.64 bits per heavy atom. The zero-order chi connectivity index (χ0) is 15.7. The monoisotopic (exact) mass is 334 g/mol. The molecule has 0 amide bonds. The lowest BCUT2D eigenvalue weighted by atomic mass is 10.2. The predicted molar refractivity (Wildman–Crippen MR) is 90.5 cm³/mol. The molecule has 0 saturated heterocycles. The van der Waals surface area contributed by atoms with Gasteiger partial charge in [0.25, 0.3) is 0 Å². The Kier molecular flexibility index (Phi) is 4.39. The first-order valence-electron chi connectivity index (χ1n) is 7.17. The average Bonchev–Trinajstić information content (AvgIpc) is 2.89. The number of halogens is 2. The molecule has 0 aliphatic rings. The number of aliphatic hydroxyl groups is 1. The van der Waals surface area contributed by atoms with E-state index in [1.165, 1.54) is 0 Å². The van der Waals surface area contributed by atoms with Crippen molar-refractivity contribution in [1.82, 2.24) is 9.55 Å². The molecule has 1 aromatic heterocycles. The molecule has 2 aromatic carbocycles. The fourth-order valence-electron chi connectivity index (χ4n) is 2.52. The van der Waals surface area contributed by atoms with Crippen LogP contribution < -0.4 is 0 Å². The molecule has 5 heteroatoms. The summed E-state index contributed by atoms with van der Waals surface area (Å²) >= 11 is 12.1. The quantitative estimate of drug-likeness (QED) is 0.741. The minimum atomic E-state index is -0.588. The van der Waals surface area contributed by atoms with E-state index in [1.54, 1.807) is 6.07 Å². The number of aromatic nitrogens is 2. The van der Waals surface area contributed by atoms with Crippen molar-refractivity contribution in [3.8, 4) is 0 Å². The molecule has 3 rings (SSSR count). The fourth-order valence-corrected chi connectivity index (χ4v) is 2.84. The average molecular weight is 335 g/mol. The third-order valence-electron chi connectivity index (χ3n) is 3.69. The number of hydrogen-bond acceptors (Lipinski definition) is 2. The molecule has 3 aromatic rings. The van der Waals surface area contributed by atoms with E-state index >= 15 is 0 Å². The summed E-state index contributed by atoms with van der Waals surface area (Å²) in [5.74, 6) is 0.676. The van der Waals surface area contributed by atoms with Gasteiger partial charge in [0.15, 0.2) is 0 Å². The minimum absolute atomic E-state index is 0.529. The number of hydrogen-bond donors (Lipinski definition) is 1. The molecule has 0 spiro atoms. The molecule has 0 bridgehead atoms. The van der Waals surface area contributed by atoms with Gasteiger partial charge in [-0.2, -0.15) is 0 Å². The summed E-state index contributed by atoms with van der Waals surface area (Å²) in [6.45, 7) is 2.53. The largest absolute Gasteiger partial charge is 0.385 e. The molecule has 0 saturated carbocycles. The zero-order valence-corrected chi connectivity index (χ0v) is 13.6. The topological polar surface area (TPSA) is 38.1 Å². The van der Waals surface area contributed by atoms with Crippen LogP contribution >= 0.6 is 23.2 Å². The summed E-state index contributed by atoms with van der Waals surface area (Å²) in [7, 11) is 0. The third kappa shape index (κ3) is 2.84. The molecule has 0 fully saturated rings.